The van der Waals surface area contributed by atoms with E-state index in [1.807, 2.05) is 19.1 Å². The average molecular weight is 492 g/mol. The predicted molar refractivity (Wildman–Crippen MR) is 131 cm³/mol. The van der Waals surface area contributed by atoms with Crippen molar-refractivity contribution < 1.29 is 22.4 Å². The molecule has 0 saturated carbocycles. The minimum Gasteiger partial charge on any atom is -0.408 e. The minimum absolute atomic E-state index is 0.0936. The van der Waals surface area contributed by atoms with Crippen molar-refractivity contribution in [3.05, 3.63) is 42.0 Å². The summed E-state index contributed by atoms with van der Waals surface area (Å²) in [5, 5.41) is 0. The maximum atomic E-state index is 13.8. The van der Waals surface area contributed by atoms with E-state index in [2.05, 4.69) is 41.5 Å². The van der Waals surface area contributed by atoms with Gasteiger partial charge in [-0.3, -0.25) is 4.79 Å². The van der Waals surface area contributed by atoms with E-state index in [0.717, 1.165) is 5.56 Å². The molecule has 1 spiro atoms. The van der Waals surface area contributed by atoms with Gasteiger partial charge in [0.15, 0.2) is 5.78 Å². The molecular formula is C25H37NO5SSi. The van der Waals surface area contributed by atoms with Gasteiger partial charge in [-0.1, -0.05) is 65.3 Å². The lowest BCUT2D eigenvalue weighted by molar-refractivity contribution is -0.150. The van der Waals surface area contributed by atoms with Crippen molar-refractivity contribution in [2.24, 2.45) is 0 Å². The molecule has 1 aromatic carbocycles. The topological polar surface area (TPSA) is 72.9 Å². The number of hydrogen-bond acceptors (Lipinski definition) is 5. The van der Waals surface area contributed by atoms with E-state index in [1.165, 1.54) is 4.31 Å². The average Bonchev–Trinajstić information content (AvgIpc) is 3.24. The van der Waals surface area contributed by atoms with Crippen LogP contribution in [0.3, 0.4) is 0 Å². The van der Waals surface area contributed by atoms with E-state index < -0.39 is 36.1 Å². The van der Waals surface area contributed by atoms with Crippen LogP contribution in [0, 0.1) is 6.92 Å². The van der Waals surface area contributed by atoms with Gasteiger partial charge in [0.1, 0.15) is 11.6 Å². The van der Waals surface area contributed by atoms with Crippen molar-refractivity contribution in [2.75, 3.05) is 6.54 Å². The van der Waals surface area contributed by atoms with Crippen LogP contribution in [0.2, 0.25) is 16.6 Å². The first-order valence-electron chi connectivity index (χ1n) is 12.0. The molecule has 3 heterocycles. The van der Waals surface area contributed by atoms with Crippen molar-refractivity contribution in [1.82, 2.24) is 4.31 Å². The fraction of sp³-hybridized carbons (Fsp3) is 0.640. The van der Waals surface area contributed by atoms with Crippen LogP contribution < -0.4 is 0 Å². The van der Waals surface area contributed by atoms with Crippen LogP contribution in [0.15, 0.2) is 41.3 Å². The molecule has 6 nitrogen and oxygen atoms in total. The molecule has 0 N–H and O–H groups in total. The van der Waals surface area contributed by atoms with E-state index in [1.54, 1.807) is 24.3 Å². The third kappa shape index (κ3) is 3.69. The van der Waals surface area contributed by atoms with Gasteiger partial charge in [0.25, 0.3) is 0 Å². The number of fused-ring (bicyclic) bond motifs is 1. The third-order valence-electron chi connectivity index (χ3n) is 7.88. The zero-order valence-corrected chi connectivity index (χ0v) is 22.6. The van der Waals surface area contributed by atoms with E-state index in [9.17, 15) is 13.2 Å². The lowest BCUT2D eigenvalue weighted by atomic mass is 9.88. The Morgan fingerprint density at radius 3 is 2.18 bits per heavy atom. The normalized spacial score (nSPS) is 30.1. The summed E-state index contributed by atoms with van der Waals surface area (Å²) in [6.45, 7) is 15.3. The van der Waals surface area contributed by atoms with Gasteiger partial charge in [-0.15, -0.1) is 0 Å². The fourth-order valence-electron chi connectivity index (χ4n) is 6.45. The van der Waals surface area contributed by atoms with Gasteiger partial charge >= 0.3 is 0 Å². The smallest absolute Gasteiger partial charge is 0.243 e. The summed E-state index contributed by atoms with van der Waals surface area (Å²) in [6, 6.07) is 5.89. The van der Waals surface area contributed by atoms with Crippen LogP contribution in [0.5, 0.6) is 0 Å². The van der Waals surface area contributed by atoms with E-state index in [4.69, 9.17) is 9.16 Å². The summed E-state index contributed by atoms with van der Waals surface area (Å²) >= 11 is 0. The molecule has 3 aliphatic heterocycles. The molecule has 0 radical (unpaired) electrons. The highest BCUT2D eigenvalue weighted by Crippen LogP contribution is 2.51. The van der Waals surface area contributed by atoms with Crippen LogP contribution in [-0.4, -0.2) is 57.2 Å². The summed E-state index contributed by atoms with van der Waals surface area (Å²) < 4.78 is 42.4. The van der Waals surface area contributed by atoms with Crippen molar-refractivity contribution in [3.63, 3.8) is 0 Å². The molecule has 0 aromatic heterocycles. The Labute approximate surface area is 199 Å². The number of hydrogen-bond donors (Lipinski definition) is 0. The first kappa shape index (κ1) is 24.8. The number of aryl methyl sites for hydroxylation is 1. The van der Waals surface area contributed by atoms with E-state index in [0.29, 0.717) is 16.6 Å². The first-order valence-corrected chi connectivity index (χ1v) is 15.6. The number of rotatable bonds is 7. The highest BCUT2D eigenvalue weighted by atomic mass is 32.2. The van der Waals surface area contributed by atoms with Gasteiger partial charge in [0.05, 0.1) is 17.1 Å². The van der Waals surface area contributed by atoms with Crippen LogP contribution in [0.4, 0.5) is 0 Å². The zero-order valence-electron chi connectivity index (χ0n) is 20.7. The Morgan fingerprint density at radius 2 is 1.64 bits per heavy atom. The molecule has 0 aliphatic carbocycles. The summed E-state index contributed by atoms with van der Waals surface area (Å²) in [7, 11) is -6.26. The maximum Gasteiger partial charge on any atom is 0.243 e. The second kappa shape index (κ2) is 8.41. The SMILES string of the molecule is Cc1ccc(S(=O)(=O)N2C[C@H](O[Si](C(C)C)(C(C)C)C(C)C)[C@@]34C=C[C@@H](CC(=O)[C@H]23)O4)cc1. The van der Waals surface area contributed by atoms with Gasteiger partial charge in [0, 0.05) is 13.0 Å². The number of ether oxygens (including phenoxy) is 1. The molecule has 0 unspecified atom stereocenters. The van der Waals surface area contributed by atoms with Gasteiger partial charge in [-0.25, -0.2) is 8.42 Å². The van der Waals surface area contributed by atoms with Crippen LogP contribution in [-0.2, 0) is 24.0 Å². The third-order valence-corrected chi connectivity index (χ3v) is 15.8. The number of benzene rings is 1. The monoisotopic (exact) mass is 491 g/mol. The molecule has 33 heavy (non-hydrogen) atoms. The largest absolute Gasteiger partial charge is 0.408 e. The number of ketones is 1. The van der Waals surface area contributed by atoms with Gasteiger partial charge in [-0.05, 0) is 41.8 Å². The second-order valence-electron chi connectivity index (χ2n) is 10.8. The van der Waals surface area contributed by atoms with Crippen molar-refractivity contribution >= 4 is 24.1 Å². The van der Waals surface area contributed by atoms with Gasteiger partial charge < -0.3 is 9.16 Å². The fourth-order valence-corrected chi connectivity index (χ4v) is 13.7. The molecule has 2 fully saturated rings. The van der Waals surface area contributed by atoms with Crippen LogP contribution >= 0.6 is 0 Å². The maximum absolute atomic E-state index is 13.8. The van der Waals surface area contributed by atoms with Gasteiger partial charge in [0.2, 0.25) is 18.3 Å². The Hall–Kier alpha value is -1.32. The lowest BCUT2D eigenvalue weighted by Crippen LogP contribution is -2.60. The quantitative estimate of drug-likeness (QED) is 0.412. The van der Waals surface area contributed by atoms with Gasteiger partial charge in [-0.2, -0.15) is 4.31 Å². The molecule has 3 aliphatic rings. The molecule has 0 amide bonds. The van der Waals surface area contributed by atoms with E-state index in [-0.39, 0.29) is 29.7 Å². The molecule has 182 valence electrons. The Kier molecular flexibility index (Phi) is 6.32. The van der Waals surface area contributed by atoms with Crippen molar-refractivity contribution in [1.29, 1.82) is 0 Å². The zero-order chi connectivity index (χ0) is 24.3. The van der Waals surface area contributed by atoms with E-state index >= 15 is 0 Å². The molecule has 8 heteroatoms. The molecule has 2 bridgehead atoms. The van der Waals surface area contributed by atoms with Crippen LogP contribution in [0.1, 0.15) is 53.5 Å². The summed E-state index contributed by atoms with van der Waals surface area (Å²) in [4.78, 5) is 13.5. The molecular weight excluding hydrogens is 454 g/mol. The van der Waals surface area contributed by atoms with Crippen molar-refractivity contribution in [2.45, 2.75) is 100 Å². The number of carbonyl (C=O) groups excluding carboxylic acids is 1. The number of nitrogens with zero attached hydrogens (tertiary/aromatic N) is 1. The Bertz CT molecular complexity index is 1030. The highest BCUT2D eigenvalue weighted by molar-refractivity contribution is 7.89. The Morgan fingerprint density at radius 1 is 1.06 bits per heavy atom. The molecule has 1 aromatic rings. The number of Topliss-reactive ketones (excluding diaryl/α,β-unsaturated/α-hetero) is 1. The second-order valence-corrected chi connectivity index (χ2v) is 18.1. The lowest BCUT2D eigenvalue weighted by Gasteiger charge is -2.47. The predicted octanol–water partition coefficient (Wildman–Crippen LogP) is 4.60. The summed E-state index contributed by atoms with van der Waals surface area (Å²) in [5.74, 6) is -0.0936. The number of carbonyl (C=O) groups is 1. The Balaban J connectivity index is 1.81. The summed E-state index contributed by atoms with van der Waals surface area (Å²) in [5.41, 5.74) is 0.907. The summed E-state index contributed by atoms with van der Waals surface area (Å²) in [6.07, 6.45) is 3.20. The molecule has 4 rings (SSSR count). The molecule has 2 saturated heterocycles. The molecule has 4 atom stereocenters. The number of sulfonamides is 1. The van der Waals surface area contributed by atoms with Crippen molar-refractivity contribution in [3.8, 4) is 0 Å². The first-order chi connectivity index (χ1) is 15.4. The minimum atomic E-state index is -3.90. The highest BCUT2D eigenvalue weighted by Gasteiger charge is 2.67. The van der Waals surface area contributed by atoms with Crippen LogP contribution in [0.25, 0.3) is 0 Å². The standard InChI is InChI=1S/C25H37NO5SSi/c1-16(2)33(17(3)4,18(5)6)31-23-15-26(32(28,29)21-10-8-19(7)9-11-21)24-22(27)14-20-12-13-25(23,24)30-20/h8-13,16-18,20,23-24H,14-15H2,1-7H3/t20-,23-,24-,25-/m0/s1.